The number of methoxy groups -OCH3 is 1. The normalized spacial score (nSPS) is 9.00. The third-order valence-corrected chi connectivity index (χ3v) is 3.06. The van der Waals surface area contributed by atoms with E-state index in [1.54, 1.807) is 12.1 Å². The van der Waals surface area contributed by atoms with Crippen molar-refractivity contribution in [3.8, 4) is 23.0 Å². The molecule has 138 valence electrons. The molecule has 7 nitrogen and oxygen atoms in total. The zero-order valence-electron chi connectivity index (χ0n) is 15.1. The van der Waals surface area contributed by atoms with Crippen LogP contribution in [0.15, 0.2) is 36.4 Å². The van der Waals surface area contributed by atoms with Crippen molar-refractivity contribution in [3.05, 3.63) is 47.5 Å². The fraction of sp³-hybridized carbons (Fsp3) is 0.235. The maximum Gasteiger partial charge on any atom is 1.00 e. The van der Waals surface area contributed by atoms with E-state index in [1.807, 2.05) is 0 Å². The van der Waals surface area contributed by atoms with Crippen LogP contribution in [0.4, 0.5) is 0 Å². The minimum absolute atomic E-state index is 0. The summed E-state index contributed by atoms with van der Waals surface area (Å²) in [5.74, 6) is -1.09. The Hall–Kier alpha value is -1.80. The average molecular weight is 374 g/mol. The van der Waals surface area contributed by atoms with Gasteiger partial charge in [-0.05, 0) is 41.8 Å². The van der Waals surface area contributed by atoms with Gasteiger partial charge in [0.2, 0.25) is 0 Å². The number of esters is 1. The topological polar surface area (TPSA) is 127 Å². The van der Waals surface area contributed by atoms with Crippen molar-refractivity contribution in [2.45, 2.75) is 12.8 Å². The summed E-state index contributed by atoms with van der Waals surface area (Å²) in [5, 5.41) is 44.5. The molecule has 0 atom stereocenters. The fourth-order valence-corrected chi connectivity index (χ4v) is 1.77. The van der Waals surface area contributed by atoms with E-state index in [4.69, 9.17) is 25.5 Å². The van der Waals surface area contributed by atoms with Gasteiger partial charge in [0.25, 0.3) is 0 Å². The summed E-state index contributed by atoms with van der Waals surface area (Å²) in [7, 11) is 1.29. The van der Waals surface area contributed by atoms with Crippen molar-refractivity contribution < 1.29 is 55.4 Å². The summed E-state index contributed by atoms with van der Waals surface area (Å²) >= 11 is 0. The van der Waals surface area contributed by atoms with Gasteiger partial charge in [0.05, 0.1) is 13.5 Å². The molecule has 0 unspecified atom stereocenters. The average Bonchev–Trinajstić information content (AvgIpc) is 2.55. The molecule has 0 amide bonds. The maximum atomic E-state index is 10.8. The van der Waals surface area contributed by atoms with Crippen LogP contribution in [0, 0.1) is 0 Å². The van der Waals surface area contributed by atoms with Crippen molar-refractivity contribution >= 4 is 23.3 Å². The number of carbonyl (C=O) groups is 1. The third kappa shape index (κ3) is 9.05. The van der Waals surface area contributed by atoms with Gasteiger partial charge in [-0.25, -0.2) is 0 Å². The summed E-state index contributed by atoms with van der Waals surface area (Å²) in [6.07, 6.45) is 0.582. The van der Waals surface area contributed by atoms with Gasteiger partial charge in [-0.1, -0.05) is 12.1 Å². The molecule has 5 N–H and O–H groups in total. The van der Waals surface area contributed by atoms with Crippen molar-refractivity contribution in [3.63, 3.8) is 0 Å². The molecule has 9 heteroatoms. The summed E-state index contributed by atoms with van der Waals surface area (Å²) in [6, 6.07) is 8.70. The first-order chi connectivity index (χ1) is 11.4. The van der Waals surface area contributed by atoms with E-state index in [-0.39, 0.29) is 79.6 Å². The van der Waals surface area contributed by atoms with E-state index in [0.29, 0.717) is 12.0 Å². The Morgan fingerprint density at radius 1 is 0.923 bits per heavy atom. The van der Waals surface area contributed by atoms with Gasteiger partial charge >= 0.3 is 24.8 Å². The third-order valence-electron chi connectivity index (χ3n) is 3.06. The number of benzene rings is 2. The van der Waals surface area contributed by atoms with Crippen molar-refractivity contribution in [2.75, 3.05) is 13.7 Å². The first-order valence-electron chi connectivity index (χ1n) is 7.06. The quantitative estimate of drug-likeness (QED) is 0.225. The molecule has 0 fully saturated rings. The largest absolute Gasteiger partial charge is 1.00 e. The number of carbonyl (C=O) groups excluding carboxylic acids is 1. The number of aliphatic hydroxyl groups excluding tert-OH is 1. The van der Waals surface area contributed by atoms with Crippen LogP contribution in [0.5, 0.6) is 23.0 Å². The summed E-state index contributed by atoms with van der Waals surface area (Å²) in [5.41, 5.74) is 1.41. The number of phenolic OH excluding ortho intramolecular Hbond substituents is 4. The molecular formula is C17H24AlLiO7. The molecule has 0 saturated carbocycles. The zero-order chi connectivity index (χ0) is 18.1. The molecule has 0 aliphatic heterocycles. The van der Waals surface area contributed by atoms with Crippen molar-refractivity contribution in [1.82, 2.24) is 0 Å². The second-order valence-corrected chi connectivity index (χ2v) is 4.87. The van der Waals surface area contributed by atoms with E-state index in [0.717, 1.165) is 5.56 Å². The Morgan fingerprint density at radius 2 is 1.38 bits per heavy atom. The molecule has 0 aromatic heterocycles. The predicted molar refractivity (Wildman–Crippen MR) is 97.1 cm³/mol. The second-order valence-electron chi connectivity index (χ2n) is 4.87. The van der Waals surface area contributed by atoms with Gasteiger partial charge in [0.1, 0.15) is 0 Å². The molecule has 0 aliphatic rings. The molecule has 2 rings (SSSR count). The number of hydrogen-bond acceptors (Lipinski definition) is 7. The summed E-state index contributed by atoms with van der Waals surface area (Å²) in [6.45, 7) is 0.0458. The van der Waals surface area contributed by atoms with Gasteiger partial charge in [-0.15, -0.1) is 0 Å². The van der Waals surface area contributed by atoms with Gasteiger partial charge in [-0.2, -0.15) is 0 Å². The Morgan fingerprint density at radius 3 is 1.81 bits per heavy atom. The Labute approximate surface area is 175 Å². The number of aromatic hydroxyl groups is 4. The maximum absolute atomic E-state index is 10.8. The number of ether oxygens (including phenoxy) is 1. The fourth-order valence-electron chi connectivity index (χ4n) is 1.77. The molecule has 0 aliphatic carbocycles. The van der Waals surface area contributed by atoms with Crippen LogP contribution in [0.25, 0.3) is 0 Å². The van der Waals surface area contributed by atoms with E-state index in [9.17, 15) is 4.79 Å². The number of hydrogen-bond donors (Lipinski definition) is 5. The number of phenols is 4. The Bertz CT molecular complexity index is 701. The van der Waals surface area contributed by atoms with Crippen LogP contribution >= 0.6 is 0 Å². The molecule has 0 heterocycles. The molecule has 26 heavy (non-hydrogen) atoms. The van der Waals surface area contributed by atoms with E-state index >= 15 is 0 Å². The molecule has 0 saturated heterocycles. The van der Waals surface area contributed by atoms with E-state index in [1.165, 1.54) is 31.4 Å². The minimum Gasteiger partial charge on any atom is -1.00 e. The minimum atomic E-state index is -0.384. The Kier molecular flexibility index (Phi) is 13.6. The van der Waals surface area contributed by atoms with Gasteiger partial charge in [-0.3, -0.25) is 4.79 Å². The zero-order valence-corrected chi connectivity index (χ0v) is 14.1. The molecule has 2 aromatic carbocycles. The van der Waals surface area contributed by atoms with Crippen LogP contribution < -0.4 is 18.9 Å². The van der Waals surface area contributed by atoms with Crippen LogP contribution in [-0.2, 0) is 22.4 Å². The molecule has 0 radical (unpaired) electrons. The number of aliphatic hydroxyl groups is 1. The smallest absolute Gasteiger partial charge is 1.00 e. The number of rotatable bonds is 4. The molecule has 0 spiro atoms. The molecular weight excluding hydrogens is 350 g/mol. The van der Waals surface area contributed by atoms with Crippen LogP contribution in [0.3, 0.4) is 0 Å². The predicted octanol–water partition coefficient (Wildman–Crippen LogP) is -2.62. The van der Waals surface area contributed by atoms with Gasteiger partial charge in [0, 0.05) is 6.61 Å². The SMILES string of the molecule is COC(=O)Cc1ccc(O)c(O)c1.OCCc1ccc(O)c(O)c1.[AlH3].[H-].[Li+]. The standard InChI is InChI=1S/C9H10O4.C8H10O3.Al.Li.4H/c1-13-9(12)5-6-2-3-7(10)8(11)4-6;9-4-3-6-1-2-7(10)8(11)5-6;;;;;;/h2-4,10-11H,5H2,1H3;1-2,5,9-11H,3-4H2;;;;;;/q;;;+1;;;;-1. The molecule has 0 bridgehead atoms. The second kappa shape index (κ2) is 13.4. The van der Waals surface area contributed by atoms with Crippen LogP contribution in [-0.4, -0.2) is 62.6 Å². The van der Waals surface area contributed by atoms with Crippen LogP contribution in [0.1, 0.15) is 12.6 Å². The molecule has 2 aromatic rings. The van der Waals surface area contributed by atoms with E-state index in [2.05, 4.69) is 4.74 Å². The van der Waals surface area contributed by atoms with Gasteiger partial charge in [0.15, 0.2) is 40.4 Å². The summed E-state index contributed by atoms with van der Waals surface area (Å²) < 4.78 is 4.44. The van der Waals surface area contributed by atoms with Crippen molar-refractivity contribution in [2.24, 2.45) is 0 Å². The first-order valence-corrected chi connectivity index (χ1v) is 7.06. The van der Waals surface area contributed by atoms with Crippen molar-refractivity contribution in [1.29, 1.82) is 0 Å². The summed E-state index contributed by atoms with van der Waals surface area (Å²) in [4.78, 5) is 10.8. The Balaban J connectivity index is -0.000000388. The van der Waals surface area contributed by atoms with Crippen LogP contribution in [0.2, 0.25) is 0 Å². The monoisotopic (exact) mass is 374 g/mol. The van der Waals surface area contributed by atoms with E-state index < -0.39 is 0 Å². The van der Waals surface area contributed by atoms with Gasteiger partial charge < -0.3 is 31.7 Å². The first kappa shape index (κ1) is 26.4.